The van der Waals surface area contributed by atoms with E-state index in [9.17, 15) is 9.18 Å². The van der Waals surface area contributed by atoms with Crippen LogP contribution < -0.4 is 4.90 Å². The van der Waals surface area contributed by atoms with Gasteiger partial charge in [-0.15, -0.1) is 0 Å². The van der Waals surface area contributed by atoms with Crippen molar-refractivity contribution in [3.8, 4) is 5.69 Å². The fourth-order valence-corrected chi connectivity index (χ4v) is 3.87. The monoisotopic (exact) mass is 457 g/mol. The maximum absolute atomic E-state index is 13.2. The molecular weight excluding hydrogens is 437 g/mol. The molecule has 0 bridgehead atoms. The molecule has 1 aliphatic heterocycles. The number of aryl methyl sites for hydroxylation is 1. The van der Waals surface area contributed by atoms with E-state index in [1.165, 1.54) is 12.1 Å². The Kier molecular flexibility index (Phi) is 5.36. The van der Waals surface area contributed by atoms with Gasteiger partial charge in [-0.25, -0.2) is 14.1 Å². The standard InChI is InChI=1S/C21H21BrFN5O/c1-14-20(15(2)28(25-14)18-6-4-17(23)5-7-18)21(29)27-11-9-26(10-12-27)19-8-3-16(22)13-24-19/h3-8,13H,9-12H2,1-2H3. The first-order valence-corrected chi connectivity index (χ1v) is 10.2. The molecule has 1 aliphatic rings. The lowest BCUT2D eigenvalue weighted by molar-refractivity contribution is 0.0745. The van der Waals surface area contributed by atoms with Crippen molar-refractivity contribution in [3.05, 3.63) is 69.8 Å². The van der Waals surface area contributed by atoms with Crippen molar-refractivity contribution in [1.29, 1.82) is 0 Å². The van der Waals surface area contributed by atoms with E-state index < -0.39 is 0 Å². The van der Waals surface area contributed by atoms with Crippen LogP contribution in [0.15, 0.2) is 47.1 Å². The highest BCUT2D eigenvalue weighted by Crippen LogP contribution is 2.22. The fraction of sp³-hybridized carbons (Fsp3) is 0.286. The minimum Gasteiger partial charge on any atom is -0.353 e. The van der Waals surface area contributed by atoms with Crippen molar-refractivity contribution in [3.63, 3.8) is 0 Å². The zero-order valence-electron chi connectivity index (χ0n) is 16.3. The van der Waals surface area contributed by atoms with Gasteiger partial charge in [0, 0.05) is 36.8 Å². The lowest BCUT2D eigenvalue weighted by Crippen LogP contribution is -2.49. The van der Waals surface area contributed by atoms with Crippen LogP contribution >= 0.6 is 15.9 Å². The Labute approximate surface area is 177 Å². The fourth-order valence-electron chi connectivity index (χ4n) is 3.64. The van der Waals surface area contributed by atoms with E-state index in [-0.39, 0.29) is 11.7 Å². The summed E-state index contributed by atoms with van der Waals surface area (Å²) in [4.78, 5) is 21.7. The molecule has 3 heterocycles. The Morgan fingerprint density at radius 1 is 1.03 bits per heavy atom. The first-order chi connectivity index (χ1) is 13.9. The number of halogens is 2. The van der Waals surface area contributed by atoms with E-state index in [0.29, 0.717) is 24.3 Å². The highest BCUT2D eigenvalue weighted by molar-refractivity contribution is 9.10. The Morgan fingerprint density at radius 3 is 2.34 bits per heavy atom. The molecule has 0 unspecified atom stereocenters. The van der Waals surface area contributed by atoms with Crippen LogP contribution in [0.5, 0.6) is 0 Å². The normalized spacial score (nSPS) is 14.3. The Balaban J connectivity index is 1.50. The molecular formula is C21H21BrFN5O. The van der Waals surface area contributed by atoms with E-state index in [0.717, 1.165) is 34.8 Å². The maximum Gasteiger partial charge on any atom is 0.257 e. The number of amides is 1. The van der Waals surface area contributed by atoms with Crippen molar-refractivity contribution in [1.82, 2.24) is 19.7 Å². The predicted octanol–water partition coefficient (Wildman–Crippen LogP) is 3.75. The molecule has 0 saturated carbocycles. The number of rotatable bonds is 3. The lowest BCUT2D eigenvalue weighted by atomic mass is 10.1. The summed E-state index contributed by atoms with van der Waals surface area (Å²) in [5, 5.41) is 4.52. The molecule has 6 nitrogen and oxygen atoms in total. The second kappa shape index (κ2) is 7.94. The molecule has 8 heteroatoms. The van der Waals surface area contributed by atoms with Gasteiger partial charge in [0.1, 0.15) is 11.6 Å². The van der Waals surface area contributed by atoms with Gasteiger partial charge in [-0.1, -0.05) is 0 Å². The van der Waals surface area contributed by atoms with Crippen molar-refractivity contribution in [2.75, 3.05) is 31.1 Å². The van der Waals surface area contributed by atoms with Gasteiger partial charge in [0.05, 0.1) is 22.6 Å². The first kappa shape index (κ1) is 19.6. The first-order valence-electron chi connectivity index (χ1n) is 9.42. The van der Waals surface area contributed by atoms with Gasteiger partial charge in [0.2, 0.25) is 0 Å². The summed E-state index contributed by atoms with van der Waals surface area (Å²) in [5.41, 5.74) is 2.78. The minimum atomic E-state index is -0.301. The molecule has 1 saturated heterocycles. The molecule has 0 spiro atoms. The Hall–Kier alpha value is -2.74. The molecule has 1 amide bonds. The zero-order chi connectivity index (χ0) is 20.5. The van der Waals surface area contributed by atoms with Crippen LogP contribution in [0.2, 0.25) is 0 Å². The molecule has 0 radical (unpaired) electrons. The number of anilines is 1. The maximum atomic E-state index is 13.2. The van der Waals surface area contributed by atoms with Crippen LogP contribution in [-0.2, 0) is 0 Å². The van der Waals surface area contributed by atoms with E-state index >= 15 is 0 Å². The number of hydrogen-bond donors (Lipinski definition) is 0. The summed E-state index contributed by atoms with van der Waals surface area (Å²) >= 11 is 3.40. The van der Waals surface area contributed by atoms with Gasteiger partial charge in [-0.3, -0.25) is 4.79 Å². The summed E-state index contributed by atoms with van der Waals surface area (Å²) in [5.74, 6) is 0.596. The number of hydrogen-bond acceptors (Lipinski definition) is 4. The number of aromatic nitrogens is 3. The SMILES string of the molecule is Cc1nn(-c2ccc(F)cc2)c(C)c1C(=O)N1CCN(c2ccc(Br)cn2)CC1. The summed E-state index contributed by atoms with van der Waals surface area (Å²) in [6, 6.07) is 10.0. The third kappa shape index (κ3) is 3.89. The molecule has 4 rings (SSSR count). The number of piperazine rings is 1. The molecule has 150 valence electrons. The van der Waals surface area contributed by atoms with Crippen LogP contribution in [0.4, 0.5) is 10.2 Å². The number of nitrogens with zero attached hydrogens (tertiary/aromatic N) is 5. The Bertz CT molecular complexity index is 1020. The van der Waals surface area contributed by atoms with Gasteiger partial charge in [0.25, 0.3) is 5.91 Å². The zero-order valence-corrected chi connectivity index (χ0v) is 17.9. The topological polar surface area (TPSA) is 54.3 Å². The van der Waals surface area contributed by atoms with Gasteiger partial charge < -0.3 is 9.80 Å². The largest absolute Gasteiger partial charge is 0.353 e. The van der Waals surface area contributed by atoms with Gasteiger partial charge in [0.15, 0.2) is 0 Å². The van der Waals surface area contributed by atoms with Crippen LogP contribution in [0, 0.1) is 19.7 Å². The predicted molar refractivity (Wildman–Crippen MR) is 113 cm³/mol. The van der Waals surface area contributed by atoms with Crippen LogP contribution in [0.1, 0.15) is 21.7 Å². The third-order valence-electron chi connectivity index (χ3n) is 5.18. The molecule has 29 heavy (non-hydrogen) atoms. The second-order valence-corrected chi connectivity index (χ2v) is 7.96. The van der Waals surface area contributed by atoms with Crippen molar-refractivity contribution >= 4 is 27.7 Å². The molecule has 1 aromatic carbocycles. The average molecular weight is 458 g/mol. The van der Waals surface area contributed by atoms with Crippen molar-refractivity contribution < 1.29 is 9.18 Å². The van der Waals surface area contributed by atoms with E-state index in [1.807, 2.05) is 30.9 Å². The average Bonchev–Trinajstić information content (AvgIpc) is 3.03. The van der Waals surface area contributed by atoms with Crippen molar-refractivity contribution in [2.45, 2.75) is 13.8 Å². The van der Waals surface area contributed by atoms with Crippen LogP contribution in [0.25, 0.3) is 5.69 Å². The molecule has 2 aromatic heterocycles. The number of pyridine rings is 1. The number of benzene rings is 1. The number of carbonyl (C=O) groups excluding carboxylic acids is 1. The number of carbonyl (C=O) groups is 1. The van der Waals surface area contributed by atoms with E-state index in [1.54, 1.807) is 23.0 Å². The smallest absolute Gasteiger partial charge is 0.257 e. The van der Waals surface area contributed by atoms with Gasteiger partial charge in [-0.2, -0.15) is 5.10 Å². The lowest BCUT2D eigenvalue weighted by Gasteiger charge is -2.35. The van der Waals surface area contributed by atoms with E-state index in [2.05, 4.69) is 30.9 Å². The van der Waals surface area contributed by atoms with Gasteiger partial charge in [-0.05, 0) is 66.2 Å². The molecule has 0 atom stereocenters. The van der Waals surface area contributed by atoms with Crippen molar-refractivity contribution in [2.24, 2.45) is 0 Å². The Morgan fingerprint density at radius 2 is 1.72 bits per heavy atom. The molecule has 0 N–H and O–H groups in total. The van der Waals surface area contributed by atoms with Gasteiger partial charge >= 0.3 is 0 Å². The highest BCUT2D eigenvalue weighted by Gasteiger charge is 2.27. The quantitative estimate of drug-likeness (QED) is 0.600. The summed E-state index contributed by atoms with van der Waals surface area (Å²) in [6.07, 6.45) is 1.78. The summed E-state index contributed by atoms with van der Waals surface area (Å²) in [7, 11) is 0. The highest BCUT2D eigenvalue weighted by atomic mass is 79.9. The summed E-state index contributed by atoms with van der Waals surface area (Å²) in [6.45, 7) is 6.41. The third-order valence-corrected chi connectivity index (χ3v) is 5.65. The molecule has 1 fully saturated rings. The van der Waals surface area contributed by atoms with E-state index in [4.69, 9.17) is 0 Å². The van der Waals surface area contributed by atoms with Crippen LogP contribution in [-0.4, -0.2) is 51.8 Å². The van der Waals surface area contributed by atoms with Crippen LogP contribution in [0.3, 0.4) is 0 Å². The molecule has 3 aromatic rings. The second-order valence-electron chi connectivity index (χ2n) is 7.05. The minimum absolute atomic E-state index is 0.0169. The summed E-state index contributed by atoms with van der Waals surface area (Å²) < 4.78 is 15.9. The molecule has 0 aliphatic carbocycles.